The van der Waals surface area contributed by atoms with E-state index < -0.39 is 5.97 Å². The maximum atomic E-state index is 10.2. The molecule has 0 aliphatic heterocycles. The van der Waals surface area contributed by atoms with Crippen molar-refractivity contribution < 1.29 is 9.90 Å². The van der Waals surface area contributed by atoms with Gasteiger partial charge in [-0.15, -0.1) is 0 Å². The average molecular weight is 139 g/mol. The molecule has 0 saturated heterocycles. The van der Waals surface area contributed by atoms with Crippen LogP contribution in [-0.4, -0.2) is 21.0 Å². The van der Waals surface area contributed by atoms with Gasteiger partial charge in [0.05, 0.1) is 0 Å². The van der Waals surface area contributed by atoms with Crippen molar-refractivity contribution in [3.8, 4) is 0 Å². The number of hydrogen-bond acceptors (Lipinski definition) is 4. The molecule has 1 aromatic rings. The monoisotopic (exact) mass is 139 g/mol. The van der Waals surface area contributed by atoms with Crippen molar-refractivity contribution in [3.63, 3.8) is 0 Å². The summed E-state index contributed by atoms with van der Waals surface area (Å²) in [6.07, 6.45) is 1.30. The SMILES string of the molecule is Nc1ccnc(C(=O)O)n1. The molecule has 0 saturated carbocycles. The highest BCUT2D eigenvalue weighted by atomic mass is 16.4. The summed E-state index contributed by atoms with van der Waals surface area (Å²) >= 11 is 0. The van der Waals surface area contributed by atoms with Crippen LogP contribution in [0.2, 0.25) is 0 Å². The summed E-state index contributed by atoms with van der Waals surface area (Å²) in [4.78, 5) is 17.1. The summed E-state index contributed by atoms with van der Waals surface area (Å²) in [5.74, 6) is -1.29. The first-order valence-electron chi connectivity index (χ1n) is 2.52. The average Bonchev–Trinajstić information content (AvgIpc) is 1.88. The van der Waals surface area contributed by atoms with E-state index in [1.807, 2.05) is 0 Å². The lowest BCUT2D eigenvalue weighted by molar-refractivity contribution is 0.0683. The van der Waals surface area contributed by atoms with Crippen LogP contribution in [0.1, 0.15) is 10.6 Å². The highest BCUT2D eigenvalue weighted by Crippen LogP contribution is 1.94. The van der Waals surface area contributed by atoms with E-state index >= 15 is 0 Å². The Morgan fingerprint density at radius 2 is 2.40 bits per heavy atom. The van der Waals surface area contributed by atoms with E-state index in [0.717, 1.165) is 0 Å². The lowest BCUT2D eigenvalue weighted by Gasteiger charge is -1.91. The molecule has 0 aliphatic rings. The number of hydrogen-bond donors (Lipinski definition) is 2. The lowest BCUT2D eigenvalue weighted by Crippen LogP contribution is -2.05. The number of nitrogen functional groups attached to an aromatic ring is 1. The molecule has 0 radical (unpaired) electrons. The Morgan fingerprint density at radius 1 is 1.70 bits per heavy atom. The van der Waals surface area contributed by atoms with Gasteiger partial charge in [0.1, 0.15) is 5.82 Å². The molecule has 0 atom stereocenters. The molecule has 3 N–H and O–H groups in total. The summed E-state index contributed by atoms with van der Waals surface area (Å²) < 4.78 is 0. The van der Waals surface area contributed by atoms with Crippen LogP contribution in [-0.2, 0) is 0 Å². The molecule has 5 heteroatoms. The fourth-order valence-corrected chi connectivity index (χ4v) is 0.476. The van der Waals surface area contributed by atoms with Crippen molar-refractivity contribution in [1.29, 1.82) is 0 Å². The molecule has 1 heterocycles. The molecule has 0 spiro atoms. The predicted molar refractivity (Wildman–Crippen MR) is 33.4 cm³/mol. The van der Waals surface area contributed by atoms with E-state index in [4.69, 9.17) is 10.8 Å². The van der Waals surface area contributed by atoms with Crippen molar-refractivity contribution >= 4 is 11.8 Å². The quantitative estimate of drug-likeness (QED) is 0.560. The lowest BCUT2D eigenvalue weighted by atomic mass is 10.5. The zero-order valence-corrected chi connectivity index (χ0v) is 4.98. The van der Waals surface area contributed by atoms with E-state index in [9.17, 15) is 4.79 Å². The standard InChI is InChI=1S/C5H5N3O2/c6-3-1-2-7-4(8-3)5(9)10/h1-2H,(H,9,10)(H2,6,7,8). The number of rotatable bonds is 1. The summed E-state index contributed by atoms with van der Waals surface area (Å²) in [6, 6.07) is 1.42. The van der Waals surface area contributed by atoms with Crippen LogP contribution in [0.3, 0.4) is 0 Å². The number of nitrogens with two attached hydrogens (primary N) is 1. The van der Waals surface area contributed by atoms with E-state index in [2.05, 4.69) is 9.97 Å². The van der Waals surface area contributed by atoms with Gasteiger partial charge < -0.3 is 10.8 Å². The molecule has 0 aromatic carbocycles. The first-order chi connectivity index (χ1) is 4.70. The van der Waals surface area contributed by atoms with Crippen LogP contribution in [0.4, 0.5) is 5.82 Å². The minimum atomic E-state index is -1.17. The Hall–Kier alpha value is -1.65. The van der Waals surface area contributed by atoms with Gasteiger partial charge in [-0.1, -0.05) is 0 Å². The molecule has 1 aromatic heterocycles. The van der Waals surface area contributed by atoms with Crippen molar-refractivity contribution in [2.24, 2.45) is 0 Å². The Labute approximate surface area is 56.5 Å². The topological polar surface area (TPSA) is 89.1 Å². The van der Waals surface area contributed by atoms with Crippen molar-refractivity contribution in [1.82, 2.24) is 9.97 Å². The fraction of sp³-hybridized carbons (Fsp3) is 0. The second-order valence-electron chi connectivity index (χ2n) is 1.61. The van der Waals surface area contributed by atoms with Crippen LogP contribution in [0.15, 0.2) is 12.3 Å². The van der Waals surface area contributed by atoms with Crippen molar-refractivity contribution in [3.05, 3.63) is 18.1 Å². The van der Waals surface area contributed by atoms with Gasteiger partial charge >= 0.3 is 5.97 Å². The van der Waals surface area contributed by atoms with Gasteiger partial charge in [0.15, 0.2) is 0 Å². The van der Waals surface area contributed by atoms with E-state index in [1.165, 1.54) is 12.3 Å². The smallest absolute Gasteiger partial charge is 0.374 e. The number of anilines is 1. The first kappa shape index (κ1) is 6.47. The molecule has 0 amide bonds. The number of nitrogens with zero attached hydrogens (tertiary/aromatic N) is 2. The van der Waals surface area contributed by atoms with Gasteiger partial charge in [0, 0.05) is 6.20 Å². The molecule has 0 aliphatic carbocycles. The zero-order valence-electron chi connectivity index (χ0n) is 4.98. The minimum absolute atomic E-state index is 0.160. The van der Waals surface area contributed by atoms with Crippen molar-refractivity contribution in [2.75, 3.05) is 5.73 Å². The highest BCUT2D eigenvalue weighted by Gasteiger charge is 2.04. The maximum Gasteiger partial charge on any atom is 0.374 e. The Balaban J connectivity index is 3.07. The van der Waals surface area contributed by atoms with E-state index in [-0.39, 0.29) is 11.6 Å². The molecule has 0 fully saturated rings. The minimum Gasteiger partial charge on any atom is -0.475 e. The molecule has 0 bridgehead atoms. The Morgan fingerprint density at radius 3 is 2.80 bits per heavy atom. The van der Waals surface area contributed by atoms with Gasteiger partial charge in [-0.3, -0.25) is 0 Å². The third-order valence-electron chi connectivity index (χ3n) is 0.868. The number of carboxylic acids is 1. The van der Waals surface area contributed by atoms with Crippen LogP contribution >= 0.6 is 0 Å². The van der Waals surface area contributed by atoms with Gasteiger partial charge in [-0.25, -0.2) is 14.8 Å². The molecular weight excluding hydrogens is 134 g/mol. The first-order valence-corrected chi connectivity index (χ1v) is 2.52. The fourth-order valence-electron chi connectivity index (χ4n) is 0.476. The summed E-state index contributed by atoms with van der Waals surface area (Å²) in [7, 11) is 0. The van der Waals surface area contributed by atoms with Crippen LogP contribution in [0.25, 0.3) is 0 Å². The van der Waals surface area contributed by atoms with Gasteiger partial charge in [0.25, 0.3) is 0 Å². The van der Waals surface area contributed by atoms with Crippen molar-refractivity contribution in [2.45, 2.75) is 0 Å². The van der Waals surface area contributed by atoms with E-state index in [1.54, 1.807) is 0 Å². The van der Waals surface area contributed by atoms with E-state index in [0.29, 0.717) is 0 Å². The highest BCUT2D eigenvalue weighted by molar-refractivity contribution is 5.83. The normalized spacial score (nSPS) is 9.20. The third-order valence-corrected chi connectivity index (χ3v) is 0.868. The summed E-state index contributed by atoms with van der Waals surface area (Å²) in [5, 5.41) is 8.33. The maximum absolute atomic E-state index is 10.2. The van der Waals surface area contributed by atoms with Crippen LogP contribution < -0.4 is 5.73 Å². The van der Waals surface area contributed by atoms with Gasteiger partial charge in [-0.05, 0) is 6.07 Å². The zero-order chi connectivity index (χ0) is 7.56. The van der Waals surface area contributed by atoms with Crippen LogP contribution in [0.5, 0.6) is 0 Å². The molecule has 1 rings (SSSR count). The van der Waals surface area contributed by atoms with Gasteiger partial charge in [0.2, 0.25) is 5.82 Å². The molecule has 52 valence electrons. The number of aromatic nitrogens is 2. The largest absolute Gasteiger partial charge is 0.475 e. The number of aromatic carboxylic acids is 1. The number of carbonyl (C=O) groups is 1. The molecular formula is C5H5N3O2. The Bertz CT molecular complexity index is 261. The third kappa shape index (κ3) is 1.19. The predicted octanol–water partition coefficient (Wildman–Crippen LogP) is -0.243. The summed E-state index contributed by atoms with van der Waals surface area (Å²) in [6.45, 7) is 0. The van der Waals surface area contributed by atoms with Crippen LogP contribution in [0, 0.1) is 0 Å². The van der Waals surface area contributed by atoms with Gasteiger partial charge in [-0.2, -0.15) is 0 Å². The second kappa shape index (κ2) is 2.30. The molecule has 10 heavy (non-hydrogen) atoms. The Kier molecular flexibility index (Phi) is 1.49. The molecule has 5 nitrogen and oxygen atoms in total. The number of carboxylic acid groups (broad SMARTS) is 1. The second-order valence-corrected chi connectivity index (χ2v) is 1.61. The molecule has 0 unspecified atom stereocenters. The summed E-state index contributed by atoms with van der Waals surface area (Å²) in [5.41, 5.74) is 5.18.